The Morgan fingerprint density at radius 3 is 2.61 bits per heavy atom. The van der Waals surface area contributed by atoms with Crippen molar-refractivity contribution in [3.05, 3.63) is 34.3 Å². The largest absolute Gasteiger partial charge is 0.311 e. The Morgan fingerprint density at radius 1 is 1.33 bits per heavy atom. The molecule has 100 valence electrons. The number of nitrogens with one attached hydrogen (secondary N) is 1. The van der Waals surface area contributed by atoms with Gasteiger partial charge in [0, 0.05) is 35.7 Å². The van der Waals surface area contributed by atoms with Crippen LogP contribution in [0.15, 0.2) is 28.7 Å². The molecule has 3 atom stereocenters. The van der Waals surface area contributed by atoms with E-state index in [1.807, 2.05) is 0 Å². The summed E-state index contributed by atoms with van der Waals surface area (Å²) < 4.78 is 1.16. The Kier molecular flexibility index (Phi) is 4.82. The Bertz CT molecular complexity index is 377. The second-order valence-electron chi connectivity index (χ2n) is 5.33. The van der Waals surface area contributed by atoms with Crippen molar-refractivity contribution >= 4 is 15.9 Å². The topological polar surface area (TPSA) is 15.3 Å². The first kappa shape index (κ1) is 14.0. The van der Waals surface area contributed by atoms with Crippen molar-refractivity contribution in [2.45, 2.75) is 45.3 Å². The van der Waals surface area contributed by atoms with Crippen molar-refractivity contribution in [3.8, 4) is 0 Å². The monoisotopic (exact) mass is 310 g/mol. The molecular formula is C15H23BrN2. The summed E-state index contributed by atoms with van der Waals surface area (Å²) in [5.74, 6) is 0. The fourth-order valence-corrected chi connectivity index (χ4v) is 3.10. The van der Waals surface area contributed by atoms with Gasteiger partial charge in [-0.2, -0.15) is 0 Å². The van der Waals surface area contributed by atoms with Crippen LogP contribution in [0, 0.1) is 0 Å². The maximum atomic E-state index is 3.55. The Morgan fingerprint density at radius 2 is 2.00 bits per heavy atom. The fourth-order valence-electron chi connectivity index (χ4n) is 2.83. The number of piperazine rings is 1. The van der Waals surface area contributed by atoms with E-state index in [1.165, 1.54) is 12.0 Å². The van der Waals surface area contributed by atoms with Crippen LogP contribution in [-0.2, 0) is 0 Å². The van der Waals surface area contributed by atoms with Crippen LogP contribution in [0.25, 0.3) is 0 Å². The van der Waals surface area contributed by atoms with Gasteiger partial charge in [-0.25, -0.2) is 0 Å². The molecule has 1 aromatic carbocycles. The van der Waals surface area contributed by atoms with Gasteiger partial charge >= 0.3 is 0 Å². The van der Waals surface area contributed by atoms with E-state index in [1.54, 1.807) is 0 Å². The van der Waals surface area contributed by atoms with E-state index in [9.17, 15) is 0 Å². The molecule has 3 heteroatoms. The van der Waals surface area contributed by atoms with Gasteiger partial charge in [-0.3, -0.25) is 4.90 Å². The maximum Gasteiger partial charge on any atom is 0.0349 e. The lowest BCUT2D eigenvalue weighted by molar-refractivity contribution is 0.0921. The summed E-state index contributed by atoms with van der Waals surface area (Å²) in [6.45, 7) is 9.10. The molecule has 1 heterocycles. The standard InChI is InChI=1S/C15H23BrN2/c1-4-15(13-5-7-14(16)8-6-13)18-10-11(2)17-9-12(18)3/h5-8,11-12,15,17H,4,9-10H2,1-3H3. The molecule has 0 saturated carbocycles. The third-order valence-electron chi connectivity index (χ3n) is 3.85. The van der Waals surface area contributed by atoms with E-state index in [-0.39, 0.29) is 0 Å². The van der Waals surface area contributed by atoms with Crippen molar-refractivity contribution in [1.29, 1.82) is 0 Å². The van der Waals surface area contributed by atoms with Crippen LogP contribution in [0.3, 0.4) is 0 Å². The predicted octanol–water partition coefficient (Wildman–Crippen LogP) is 3.58. The summed E-state index contributed by atoms with van der Waals surface area (Å²) in [5, 5.41) is 3.55. The quantitative estimate of drug-likeness (QED) is 0.918. The smallest absolute Gasteiger partial charge is 0.0349 e. The molecule has 0 spiro atoms. The summed E-state index contributed by atoms with van der Waals surface area (Å²) in [6.07, 6.45) is 1.17. The van der Waals surface area contributed by atoms with Gasteiger partial charge in [-0.1, -0.05) is 35.0 Å². The molecule has 0 bridgehead atoms. The van der Waals surface area contributed by atoms with E-state index in [2.05, 4.69) is 71.2 Å². The third-order valence-corrected chi connectivity index (χ3v) is 4.38. The first-order chi connectivity index (χ1) is 8.61. The lowest BCUT2D eigenvalue weighted by Gasteiger charge is -2.42. The van der Waals surface area contributed by atoms with Crippen LogP contribution in [0.1, 0.15) is 38.8 Å². The molecule has 1 fully saturated rings. The van der Waals surface area contributed by atoms with E-state index in [0.29, 0.717) is 18.1 Å². The fraction of sp³-hybridized carbons (Fsp3) is 0.600. The summed E-state index contributed by atoms with van der Waals surface area (Å²) in [5.41, 5.74) is 1.43. The summed E-state index contributed by atoms with van der Waals surface area (Å²) >= 11 is 3.51. The average molecular weight is 311 g/mol. The van der Waals surface area contributed by atoms with Gasteiger partial charge in [-0.15, -0.1) is 0 Å². The summed E-state index contributed by atoms with van der Waals surface area (Å²) in [6, 6.07) is 10.5. The molecule has 0 aromatic heterocycles. The molecule has 1 aliphatic rings. The normalized spacial score (nSPS) is 27.1. The molecule has 3 unspecified atom stereocenters. The molecule has 0 amide bonds. The summed E-state index contributed by atoms with van der Waals surface area (Å²) in [4.78, 5) is 2.64. The minimum absolute atomic E-state index is 0.539. The van der Waals surface area contributed by atoms with E-state index < -0.39 is 0 Å². The van der Waals surface area contributed by atoms with Gasteiger partial charge < -0.3 is 5.32 Å². The van der Waals surface area contributed by atoms with Crippen molar-refractivity contribution in [2.75, 3.05) is 13.1 Å². The average Bonchev–Trinajstić information content (AvgIpc) is 2.37. The molecule has 0 aliphatic carbocycles. The zero-order chi connectivity index (χ0) is 13.1. The second-order valence-corrected chi connectivity index (χ2v) is 6.25. The van der Waals surface area contributed by atoms with Crippen molar-refractivity contribution < 1.29 is 0 Å². The second kappa shape index (κ2) is 6.18. The maximum absolute atomic E-state index is 3.55. The minimum Gasteiger partial charge on any atom is -0.311 e. The Hall–Kier alpha value is -0.380. The van der Waals surface area contributed by atoms with Gasteiger partial charge in [0.25, 0.3) is 0 Å². The molecule has 18 heavy (non-hydrogen) atoms. The predicted molar refractivity (Wildman–Crippen MR) is 80.8 cm³/mol. The molecule has 1 aromatic rings. The number of rotatable bonds is 3. The molecule has 1 saturated heterocycles. The Balaban J connectivity index is 2.19. The number of hydrogen-bond acceptors (Lipinski definition) is 2. The van der Waals surface area contributed by atoms with Gasteiger partial charge in [0.1, 0.15) is 0 Å². The van der Waals surface area contributed by atoms with Crippen LogP contribution in [0.5, 0.6) is 0 Å². The molecule has 1 N–H and O–H groups in total. The minimum atomic E-state index is 0.539. The van der Waals surface area contributed by atoms with Crippen molar-refractivity contribution in [1.82, 2.24) is 10.2 Å². The number of benzene rings is 1. The van der Waals surface area contributed by atoms with Gasteiger partial charge in [0.2, 0.25) is 0 Å². The molecule has 1 aliphatic heterocycles. The van der Waals surface area contributed by atoms with Crippen LogP contribution >= 0.6 is 15.9 Å². The highest BCUT2D eigenvalue weighted by atomic mass is 79.9. The first-order valence-corrected chi connectivity index (χ1v) is 7.65. The van der Waals surface area contributed by atoms with E-state index >= 15 is 0 Å². The summed E-state index contributed by atoms with van der Waals surface area (Å²) in [7, 11) is 0. The molecule has 0 radical (unpaired) electrons. The lowest BCUT2D eigenvalue weighted by Crippen LogP contribution is -2.55. The highest BCUT2D eigenvalue weighted by Crippen LogP contribution is 2.28. The van der Waals surface area contributed by atoms with E-state index in [0.717, 1.165) is 17.6 Å². The number of hydrogen-bond donors (Lipinski definition) is 1. The van der Waals surface area contributed by atoms with Crippen LogP contribution < -0.4 is 5.32 Å². The zero-order valence-electron chi connectivity index (χ0n) is 11.5. The van der Waals surface area contributed by atoms with Crippen LogP contribution in [-0.4, -0.2) is 30.1 Å². The van der Waals surface area contributed by atoms with Crippen LogP contribution in [0.2, 0.25) is 0 Å². The van der Waals surface area contributed by atoms with Crippen molar-refractivity contribution in [2.24, 2.45) is 0 Å². The lowest BCUT2D eigenvalue weighted by atomic mass is 9.99. The SMILES string of the molecule is CCC(c1ccc(Br)cc1)N1CC(C)NCC1C. The number of nitrogens with zero attached hydrogens (tertiary/aromatic N) is 1. The molecule has 2 rings (SSSR count). The first-order valence-electron chi connectivity index (χ1n) is 6.86. The van der Waals surface area contributed by atoms with Crippen LogP contribution in [0.4, 0.5) is 0 Å². The van der Waals surface area contributed by atoms with Crippen molar-refractivity contribution in [3.63, 3.8) is 0 Å². The van der Waals surface area contributed by atoms with Gasteiger partial charge in [0.15, 0.2) is 0 Å². The van der Waals surface area contributed by atoms with Gasteiger partial charge in [-0.05, 0) is 38.0 Å². The Labute approximate surface area is 119 Å². The third kappa shape index (κ3) is 3.14. The molecule has 2 nitrogen and oxygen atoms in total. The van der Waals surface area contributed by atoms with E-state index in [4.69, 9.17) is 0 Å². The highest BCUT2D eigenvalue weighted by molar-refractivity contribution is 9.10. The zero-order valence-corrected chi connectivity index (χ0v) is 13.1. The molecular weight excluding hydrogens is 288 g/mol. The van der Waals surface area contributed by atoms with Gasteiger partial charge in [0.05, 0.1) is 0 Å². The number of halogens is 1. The highest BCUT2D eigenvalue weighted by Gasteiger charge is 2.28.